The predicted octanol–water partition coefficient (Wildman–Crippen LogP) is 1.96. The van der Waals surface area contributed by atoms with Crippen LogP contribution in [-0.4, -0.2) is 22.4 Å². The van der Waals surface area contributed by atoms with E-state index in [0.717, 1.165) is 25.5 Å². The van der Waals surface area contributed by atoms with Crippen LogP contribution >= 0.6 is 0 Å². The molecule has 2 heterocycles. The first-order chi connectivity index (χ1) is 7.47. The van der Waals surface area contributed by atoms with Crippen molar-refractivity contribution in [3.05, 3.63) is 17.5 Å². The topological polar surface area (TPSA) is 29.9 Å². The van der Waals surface area contributed by atoms with Crippen molar-refractivity contribution in [2.45, 2.75) is 38.5 Å². The Morgan fingerprint density at radius 2 is 2.31 bits per heavy atom. The zero-order valence-corrected chi connectivity index (χ0v) is 9.01. The Morgan fingerprint density at radius 3 is 2.81 bits per heavy atom. The Labute approximate surface area is 91.6 Å². The SMILES string of the molecule is Cc1cc(C(F)(F)F)nn1CC1CCCN1. The van der Waals surface area contributed by atoms with Gasteiger partial charge in [-0.05, 0) is 32.4 Å². The van der Waals surface area contributed by atoms with E-state index in [0.29, 0.717) is 12.2 Å². The van der Waals surface area contributed by atoms with Gasteiger partial charge >= 0.3 is 6.18 Å². The number of hydrogen-bond acceptors (Lipinski definition) is 2. The van der Waals surface area contributed by atoms with Crippen molar-refractivity contribution < 1.29 is 13.2 Å². The molecule has 1 N–H and O–H groups in total. The summed E-state index contributed by atoms with van der Waals surface area (Å²) >= 11 is 0. The summed E-state index contributed by atoms with van der Waals surface area (Å²) < 4.78 is 38.6. The Kier molecular flexibility index (Phi) is 2.92. The number of hydrogen-bond donors (Lipinski definition) is 1. The van der Waals surface area contributed by atoms with Gasteiger partial charge in [-0.1, -0.05) is 0 Å². The lowest BCUT2D eigenvalue weighted by Crippen LogP contribution is -2.27. The lowest BCUT2D eigenvalue weighted by molar-refractivity contribution is -0.141. The highest BCUT2D eigenvalue weighted by molar-refractivity contribution is 5.11. The molecule has 2 rings (SSSR count). The summed E-state index contributed by atoms with van der Waals surface area (Å²) in [5, 5.41) is 6.83. The molecule has 1 aromatic heterocycles. The maximum atomic E-state index is 12.4. The third kappa shape index (κ3) is 2.37. The Bertz CT molecular complexity index is 364. The number of rotatable bonds is 2. The van der Waals surface area contributed by atoms with E-state index >= 15 is 0 Å². The van der Waals surface area contributed by atoms with E-state index in [4.69, 9.17) is 0 Å². The van der Waals surface area contributed by atoms with Gasteiger partial charge in [0.25, 0.3) is 0 Å². The Morgan fingerprint density at radius 1 is 1.56 bits per heavy atom. The first-order valence-electron chi connectivity index (χ1n) is 5.32. The minimum Gasteiger partial charge on any atom is -0.312 e. The molecule has 1 fully saturated rings. The highest BCUT2D eigenvalue weighted by Gasteiger charge is 2.34. The van der Waals surface area contributed by atoms with E-state index in [-0.39, 0.29) is 6.04 Å². The first kappa shape index (κ1) is 11.4. The van der Waals surface area contributed by atoms with Gasteiger partial charge in [0, 0.05) is 11.7 Å². The van der Waals surface area contributed by atoms with Gasteiger partial charge in [0.05, 0.1) is 6.54 Å². The molecule has 16 heavy (non-hydrogen) atoms. The maximum absolute atomic E-state index is 12.4. The quantitative estimate of drug-likeness (QED) is 0.846. The van der Waals surface area contributed by atoms with Gasteiger partial charge in [0.15, 0.2) is 5.69 Å². The van der Waals surface area contributed by atoms with Crippen molar-refractivity contribution in [3.63, 3.8) is 0 Å². The van der Waals surface area contributed by atoms with Crippen molar-refractivity contribution >= 4 is 0 Å². The highest BCUT2D eigenvalue weighted by atomic mass is 19.4. The van der Waals surface area contributed by atoms with Gasteiger partial charge in [-0.25, -0.2) is 0 Å². The molecule has 0 aliphatic carbocycles. The smallest absolute Gasteiger partial charge is 0.312 e. The number of aromatic nitrogens is 2. The molecule has 0 aromatic carbocycles. The average Bonchev–Trinajstić information content (AvgIpc) is 2.76. The monoisotopic (exact) mass is 233 g/mol. The molecule has 0 bridgehead atoms. The minimum absolute atomic E-state index is 0.250. The molecule has 6 heteroatoms. The number of aryl methyl sites for hydroxylation is 1. The number of alkyl halides is 3. The average molecular weight is 233 g/mol. The van der Waals surface area contributed by atoms with Crippen molar-refractivity contribution in [1.82, 2.24) is 15.1 Å². The second-order valence-corrected chi connectivity index (χ2v) is 4.14. The molecule has 3 nitrogen and oxygen atoms in total. The zero-order chi connectivity index (χ0) is 11.8. The van der Waals surface area contributed by atoms with Gasteiger partial charge < -0.3 is 5.32 Å². The molecule has 1 saturated heterocycles. The third-order valence-corrected chi connectivity index (χ3v) is 2.83. The summed E-state index contributed by atoms with van der Waals surface area (Å²) in [5.74, 6) is 0. The van der Waals surface area contributed by atoms with Gasteiger partial charge in [0.1, 0.15) is 0 Å². The molecule has 0 spiro atoms. The third-order valence-electron chi connectivity index (χ3n) is 2.83. The predicted molar refractivity (Wildman–Crippen MR) is 53.0 cm³/mol. The molecule has 0 saturated carbocycles. The molecule has 0 amide bonds. The van der Waals surface area contributed by atoms with Crippen LogP contribution in [0.3, 0.4) is 0 Å². The summed E-state index contributed by atoms with van der Waals surface area (Å²) in [6.45, 7) is 3.11. The van der Waals surface area contributed by atoms with E-state index in [2.05, 4.69) is 10.4 Å². The van der Waals surface area contributed by atoms with Crippen LogP contribution in [0.2, 0.25) is 0 Å². The largest absolute Gasteiger partial charge is 0.435 e. The molecule has 1 aliphatic rings. The van der Waals surface area contributed by atoms with Crippen LogP contribution in [0.25, 0.3) is 0 Å². The molecule has 1 unspecified atom stereocenters. The molecule has 90 valence electrons. The lowest BCUT2D eigenvalue weighted by atomic mass is 10.2. The van der Waals surface area contributed by atoms with E-state index in [1.165, 1.54) is 4.68 Å². The normalized spacial score (nSPS) is 21.6. The summed E-state index contributed by atoms with van der Waals surface area (Å²) in [6, 6.07) is 1.34. The highest BCUT2D eigenvalue weighted by Crippen LogP contribution is 2.28. The van der Waals surface area contributed by atoms with Crippen LogP contribution in [0.15, 0.2) is 6.07 Å². The molecule has 1 atom stereocenters. The van der Waals surface area contributed by atoms with E-state index in [1.807, 2.05) is 0 Å². The fourth-order valence-corrected chi connectivity index (χ4v) is 1.95. The van der Waals surface area contributed by atoms with E-state index in [1.54, 1.807) is 6.92 Å². The Hall–Kier alpha value is -1.04. The van der Waals surface area contributed by atoms with Crippen molar-refractivity contribution in [3.8, 4) is 0 Å². The van der Waals surface area contributed by atoms with Crippen molar-refractivity contribution in [2.24, 2.45) is 0 Å². The molecular formula is C10H14F3N3. The fraction of sp³-hybridized carbons (Fsp3) is 0.700. The van der Waals surface area contributed by atoms with Crippen molar-refractivity contribution in [2.75, 3.05) is 6.54 Å². The number of nitrogens with zero attached hydrogens (tertiary/aromatic N) is 2. The minimum atomic E-state index is -4.35. The van der Waals surface area contributed by atoms with E-state index < -0.39 is 11.9 Å². The van der Waals surface area contributed by atoms with Crippen LogP contribution in [-0.2, 0) is 12.7 Å². The number of nitrogens with one attached hydrogen (secondary N) is 1. The second-order valence-electron chi connectivity index (χ2n) is 4.14. The van der Waals surface area contributed by atoms with E-state index in [9.17, 15) is 13.2 Å². The summed E-state index contributed by atoms with van der Waals surface area (Å²) in [6.07, 6.45) is -2.27. The van der Waals surface area contributed by atoms with Crippen molar-refractivity contribution in [1.29, 1.82) is 0 Å². The molecule has 0 radical (unpaired) electrons. The Balaban J connectivity index is 2.12. The van der Waals surface area contributed by atoms with Gasteiger partial charge in [-0.3, -0.25) is 4.68 Å². The first-order valence-corrected chi connectivity index (χ1v) is 5.32. The second kappa shape index (κ2) is 4.08. The molecular weight excluding hydrogens is 219 g/mol. The lowest BCUT2D eigenvalue weighted by Gasteiger charge is -2.11. The standard InChI is InChI=1S/C10H14F3N3/c1-7-5-9(10(11,12)13)15-16(7)6-8-3-2-4-14-8/h5,8,14H,2-4,6H2,1H3. The van der Waals surface area contributed by atoms with Crippen LogP contribution in [0, 0.1) is 6.92 Å². The summed E-state index contributed by atoms with van der Waals surface area (Å²) in [4.78, 5) is 0. The van der Waals surface area contributed by atoms with Gasteiger partial charge in [-0.2, -0.15) is 18.3 Å². The van der Waals surface area contributed by atoms with Crippen LogP contribution in [0.1, 0.15) is 24.2 Å². The van der Waals surface area contributed by atoms with Crippen LogP contribution < -0.4 is 5.32 Å². The fourth-order valence-electron chi connectivity index (χ4n) is 1.95. The van der Waals surface area contributed by atoms with Gasteiger partial charge in [-0.15, -0.1) is 0 Å². The number of halogens is 3. The van der Waals surface area contributed by atoms with Gasteiger partial charge in [0.2, 0.25) is 0 Å². The summed E-state index contributed by atoms with van der Waals surface area (Å²) in [7, 11) is 0. The van der Waals surface area contributed by atoms with Crippen LogP contribution in [0.5, 0.6) is 0 Å². The zero-order valence-electron chi connectivity index (χ0n) is 9.01. The molecule has 1 aliphatic heterocycles. The van der Waals surface area contributed by atoms with Crippen LogP contribution in [0.4, 0.5) is 13.2 Å². The summed E-state index contributed by atoms with van der Waals surface area (Å²) in [5.41, 5.74) is -0.246. The maximum Gasteiger partial charge on any atom is 0.435 e. The molecule has 1 aromatic rings.